The van der Waals surface area contributed by atoms with Crippen molar-refractivity contribution < 1.29 is 23.5 Å². The molecule has 1 spiro atoms. The number of nitrogens with zero attached hydrogens (tertiary/aromatic N) is 2. The molecule has 0 unspecified atom stereocenters. The summed E-state index contributed by atoms with van der Waals surface area (Å²) >= 11 is 0. The van der Waals surface area contributed by atoms with Gasteiger partial charge in [0.25, 0.3) is 0 Å². The second-order valence-corrected chi connectivity index (χ2v) is 7.91. The highest BCUT2D eigenvalue weighted by atomic mass is 19.1. The van der Waals surface area contributed by atoms with Crippen molar-refractivity contribution in [3.8, 4) is 5.75 Å². The summed E-state index contributed by atoms with van der Waals surface area (Å²) in [6.07, 6.45) is 3.39. The first-order valence-electron chi connectivity index (χ1n) is 9.84. The summed E-state index contributed by atoms with van der Waals surface area (Å²) in [6, 6.07) is 4.84. The zero-order chi connectivity index (χ0) is 20.1. The highest BCUT2D eigenvalue weighted by Gasteiger charge is 2.42. The molecule has 28 heavy (non-hydrogen) atoms. The highest BCUT2D eigenvalue weighted by Crippen LogP contribution is 2.39. The number of esters is 1. The molecule has 0 aliphatic carbocycles. The molecule has 2 aliphatic rings. The lowest BCUT2D eigenvalue weighted by Gasteiger charge is -2.40. The summed E-state index contributed by atoms with van der Waals surface area (Å²) in [4.78, 5) is 27.9. The lowest BCUT2D eigenvalue weighted by atomic mass is 9.79. The Labute approximate surface area is 165 Å². The van der Waals surface area contributed by atoms with Crippen LogP contribution in [0.1, 0.15) is 37.7 Å². The molecule has 0 saturated carbocycles. The van der Waals surface area contributed by atoms with Crippen LogP contribution in [0.2, 0.25) is 0 Å². The first kappa shape index (κ1) is 20.6. The number of carbonyl (C=O) groups excluding carboxylic acids is 2. The van der Waals surface area contributed by atoms with Crippen molar-refractivity contribution in [1.82, 2.24) is 9.80 Å². The summed E-state index contributed by atoms with van der Waals surface area (Å²) < 4.78 is 24.0. The summed E-state index contributed by atoms with van der Waals surface area (Å²) in [7, 11) is 2.91. The number of rotatable bonds is 6. The van der Waals surface area contributed by atoms with Crippen molar-refractivity contribution in [2.45, 2.75) is 38.6 Å². The van der Waals surface area contributed by atoms with Crippen LogP contribution in [-0.4, -0.2) is 62.1 Å². The maximum atomic E-state index is 14.2. The smallest absolute Gasteiger partial charge is 0.306 e. The summed E-state index contributed by atoms with van der Waals surface area (Å²) in [6.45, 7) is 3.76. The number of halogens is 1. The van der Waals surface area contributed by atoms with Crippen LogP contribution in [-0.2, 0) is 20.9 Å². The van der Waals surface area contributed by atoms with Crippen molar-refractivity contribution in [2.24, 2.45) is 5.41 Å². The van der Waals surface area contributed by atoms with Crippen LogP contribution in [0.4, 0.5) is 4.39 Å². The average molecular weight is 392 g/mol. The largest absolute Gasteiger partial charge is 0.497 e. The number of hydrogen-bond donors (Lipinski definition) is 0. The number of likely N-dealkylation sites (tertiary alicyclic amines) is 2. The van der Waals surface area contributed by atoms with Crippen LogP contribution in [0, 0.1) is 11.2 Å². The van der Waals surface area contributed by atoms with E-state index in [1.165, 1.54) is 13.2 Å². The lowest BCUT2D eigenvalue weighted by molar-refractivity contribution is -0.143. The molecule has 1 aromatic carbocycles. The fourth-order valence-electron chi connectivity index (χ4n) is 4.44. The molecule has 0 radical (unpaired) electrons. The number of carbonyl (C=O) groups is 2. The van der Waals surface area contributed by atoms with Gasteiger partial charge in [-0.15, -0.1) is 0 Å². The van der Waals surface area contributed by atoms with Crippen LogP contribution in [0.5, 0.6) is 5.75 Å². The van der Waals surface area contributed by atoms with E-state index >= 15 is 0 Å². The van der Waals surface area contributed by atoms with Gasteiger partial charge in [-0.2, -0.15) is 0 Å². The molecule has 3 rings (SSSR count). The fourth-order valence-corrected chi connectivity index (χ4v) is 4.44. The van der Waals surface area contributed by atoms with Gasteiger partial charge in [-0.3, -0.25) is 14.5 Å². The van der Waals surface area contributed by atoms with E-state index in [1.807, 2.05) is 4.90 Å². The Bertz CT molecular complexity index is 726. The van der Waals surface area contributed by atoms with Crippen LogP contribution in [0.15, 0.2) is 18.2 Å². The third kappa shape index (κ3) is 4.82. The van der Waals surface area contributed by atoms with Crippen LogP contribution in [0.3, 0.4) is 0 Å². The van der Waals surface area contributed by atoms with Gasteiger partial charge in [-0.05, 0) is 44.0 Å². The van der Waals surface area contributed by atoms with E-state index in [-0.39, 0.29) is 36.0 Å². The van der Waals surface area contributed by atoms with Crippen molar-refractivity contribution in [3.63, 3.8) is 0 Å². The predicted molar refractivity (Wildman–Crippen MR) is 102 cm³/mol. The Balaban J connectivity index is 1.59. The minimum atomic E-state index is -0.355. The van der Waals surface area contributed by atoms with Crippen molar-refractivity contribution in [3.05, 3.63) is 29.6 Å². The highest BCUT2D eigenvalue weighted by molar-refractivity contribution is 5.81. The second kappa shape index (κ2) is 8.90. The maximum absolute atomic E-state index is 14.2. The van der Waals surface area contributed by atoms with E-state index in [9.17, 15) is 14.0 Å². The van der Waals surface area contributed by atoms with Gasteiger partial charge in [0.15, 0.2) is 0 Å². The van der Waals surface area contributed by atoms with Crippen molar-refractivity contribution in [2.75, 3.05) is 40.4 Å². The first-order valence-corrected chi connectivity index (χ1v) is 9.84. The minimum absolute atomic E-state index is 0.0123. The number of hydrogen-bond acceptors (Lipinski definition) is 5. The summed E-state index contributed by atoms with van der Waals surface area (Å²) in [5.41, 5.74) is 0.703. The molecule has 0 aromatic heterocycles. The van der Waals surface area contributed by atoms with E-state index in [1.54, 1.807) is 19.2 Å². The minimum Gasteiger partial charge on any atom is -0.497 e. The van der Waals surface area contributed by atoms with Gasteiger partial charge in [0, 0.05) is 43.6 Å². The van der Waals surface area contributed by atoms with Crippen LogP contribution in [0.25, 0.3) is 0 Å². The van der Waals surface area contributed by atoms with E-state index in [2.05, 4.69) is 9.64 Å². The van der Waals surface area contributed by atoms with E-state index in [0.29, 0.717) is 24.4 Å². The summed E-state index contributed by atoms with van der Waals surface area (Å²) in [5.74, 6) is 0.0995. The quantitative estimate of drug-likeness (QED) is 0.697. The standard InChI is InChI=1S/C21H29FN2O4/c1-27-17-4-5-18(22)16(12-17)13-23-10-3-8-21(14-23)9-11-24(15-21)19(25)6-7-20(26)28-2/h4-5,12H,3,6-11,13-15H2,1-2H3/t21-/m0/s1. The Kier molecular flexibility index (Phi) is 6.54. The molecule has 0 bridgehead atoms. The topological polar surface area (TPSA) is 59.1 Å². The van der Waals surface area contributed by atoms with E-state index < -0.39 is 0 Å². The van der Waals surface area contributed by atoms with Crippen molar-refractivity contribution in [1.29, 1.82) is 0 Å². The first-order chi connectivity index (χ1) is 13.4. The molecule has 2 heterocycles. The van der Waals surface area contributed by atoms with Crippen molar-refractivity contribution >= 4 is 11.9 Å². The Morgan fingerprint density at radius 1 is 1.14 bits per heavy atom. The Hall–Kier alpha value is -2.15. The molecule has 2 fully saturated rings. The molecule has 7 heteroatoms. The number of amides is 1. The molecule has 0 N–H and O–H groups in total. The third-order valence-corrected chi connectivity index (χ3v) is 5.95. The molecular weight excluding hydrogens is 363 g/mol. The monoisotopic (exact) mass is 392 g/mol. The third-order valence-electron chi connectivity index (χ3n) is 5.95. The molecule has 1 aromatic rings. The number of ether oxygens (including phenoxy) is 2. The molecule has 2 saturated heterocycles. The summed E-state index contributed by atoms with van der Waals surface area (Å²) in [5, 5.41) is 0. The molecular formula is C21H29FN2O4. The molecule has 154 valence electrons. The zero-order valence-electron chi connectivity index (χ0n) is 16.7. The Morgan fingerprint density at radius 2 is 1.96 bits per heavy atom. The number of methoxy groups -OCH3 is 2. The van der Waals surface area contributed by atoms with Gasteiger partial charge in [0.2, 0.25) is 5.91 Å². The number of piperidine rings is 1. The predicted octanol–water partition coefficient (Wildman–Crippen LogP) is 2.60. The van der Waals surface area contributed by atoms with E-state index in [0.717, 1.165) is 38.9 Å². The molecule has 1 atom stereocenters. The molecule has 6 nitrogen and oxygen atoms in total. The van der Waals surface area contributed by atoms with Gasteiger partial charge in [-0.25, -0.2) is 4.39 Å². The lowest BCUT2D eigenvalue weighted by Crippen LogP contribution is -2.45. The zero-order valence-corrected chi connectivity index (χ0v) is 16.7. The molecule has 1 amide bonds. The molecule has 2 aliphatic heterocycles. The SMILES string of the molecule is COC(=O)CCC(=O)N1CC[C@]2(CCCN(Cc3cc(OC)ccc3F)C2)C1. The second-order valence-electron chi connectivity index (χ2n) is 7.91. The average Bonchev–Trinajstić information content (AvgIpc) is 3.10. The fraction of sp³-hybridized carbons (Fsp3) is 0.619. The normalized spacial score (nSPS) is 22.5. The van der Waals surface area contributed by atoms with Gasteiger partial charge < -0.3 is 14.4 Å². The van der Waals surface area contributed by atoms with Gasteiger partial charge in [-0.1, -0.05) is 0 Å². The van der Waals surface area contributed by atoms with Gasteiger partial charge in [0.1, 0.15) is 11.6 Å². The van der Waals surface area contributed by atoms with Crippen LogP contribution >= 0.6 is 0 Å². The Morgan fingerprint density at radius 3 is 2.71 bits per heavy atom. The number of benzene rings is 1. The van der Waals surface area contributed by atoms with Gasteiger partial charge >= 0.3 is 5.97 Å². The van der Waals surface area contributed by atoms with E-state index in [4.69, 9.17) is 4.74 Å². The van der Waals surface area contributed by atoms with Crippen LogP contribution < -0.4 is 4.74 Å². The van der Waals surface area contributed by atoms with Gasteiger partial charge in [0.05, 0.1) is 20.6 Å². The maximum Gasteiger partial charge on any atom is 0.306 e.